The lowest BCUT2D eigenvalue weighted by Gasteiger charge is -2.16. The monoisotopic (exact) mass is 612 g/mol. The first-order valence-corrected chi connectivity index (χ1v) is 18.6. The minimum atomic E-state index is -4.09. The molecule has 0 aliphatic carbocycles. The van der Waals surface area contributed by atoms with Crippen LogP contribution in [0.25, 0.3) is 5.52 Å². The fourth-order valence-corrected chi connectivity index (χ4v) is 7.04. The summed E-state index contributed by atoms with van der Waals surface area (Å²) in [6.07, 6.45) is 22.4. The Balaban J connectivity index is 1.11. The maximum absolute atomic E-state index is 12.3. The van der Waals surface area contributed by atoms with Gasteiger partial charge in [-0.1, -0.05) is 90.4 Å². The topological polar surface area (TPSA) is 121 Å². The number of aromatic nitrogens is 3. The first-order chi connectivity index (χ1) is 20.0. The van der Waals surface area contributed by atoms with Crippen LogP contribution in [-0.4, -0.2) is 50.3 Å². The zero-order valence-corrected chi connectivity index (χ0v) is 26.8. The quantitative estimate of drug-likeness (QED) is 0.0891. The van der Waals surface area contributed by atoms with Crippen molar-refractivity contribution in [2.24, 2.45) is 0 Å². The fraction of sp³-hybridized carbons (Fsp3) is 0.800. The van der Waals surface area contributed by atoms with Gasteiger partial charge in [0.05, 0.1) is 25.0 Å². The van der Waals surface area contributed by atoms with E-state index in [1.165, 1.54) is 96.2 Å². The van der Waals surface area contributed by atoms with Crippen LogP contribution in [0, 0.1) is 0 Å². The molecule has 3 atom stereocenters. The standard InChI is InChI=1S/C30H53N4O5PS/c1-2-3-4-5-6-7-8-9-10-11-12-13-14-15-22-41-23-16-21-37-40(35,36)38-24-26-17-20-29(39-26)27-18-19-28-30(31)32-25-33-34(27)28/h18-19,25-26,29H,2-17,20-24H2,1H3,(H,35,36)(H2,31,32,33). The normalized spacial score (nSPS) is 18.8. The van der Waals surface area contributed by atoms with E-state index in [1.807, 2.05) is 23.9 Å². The molecule has 1 aliphatic rings. The summed E-state index contributed by atoms with van der Waals surface area (Å²) in [5, 5.41) is 4.26. The number of hydrogen-bond donors (Lipinski definition) is 2. The SMILES string of the molecule is CCCCCCCCCCCCCCCCSCCCOP(=O)(O)OCC1CCC(c2ccc3c(N)ncnn23)O1. The number of nitrogens with zero attached hydrogens (tertiary/aromatic N) is 3. The summed E-state index contributed by atoms with van der Waals surface area (Å²) in [5.41, 5.74) is 7.52. The van der Waals surface area contributed by atoms with Gasteiger partial charge in [-0.05, 0) is 49.3 Å². The van der Waals surface area contributed by atoms with Crippen LogP contribution in [0.3, 0.4) is 0 Å². The zero-order valence-electron chi connectivity index (χ0n) is 25.1. The van der Waals surface area contributed by atoms with Crippen LogP contribution in [0.15, 0.2) is 18.5 Å². The predicted molar refractivity (Wildman–Crippen MR) is 168 cm³/mol. The van der Waals surface area contributed by atoms with Crippen molar-refractivity contribution in [1.82, 2.24) is 14.6 Å². The second-order valence-electron chi connectivity index (χ2n) is 11.2. The summed E-state index contributed by atoms with van der Waals surface area (Å²) < 4.78 is 30.5. The van der Waals surface area contributed by atoms with E-state index >= 15 is 0 Å². The predicted octanol–water partition coefficient (Wildman–Crippen LogP) is 8.27. The van der Waals surface area contributed by atoms with E-state index in [9.17, 15) is 9.46 Å². The molecule has 0 amide bonds. The highest BCUT2D eigenvalue weighted by Crippen LogP contribution is 2.44. The Labute approximate surface area is 251 Å². The van der Waals surface area contributed by atoms with Gasteiger partial charge in [0.25, 0.3) is 0 Å². The third-order valence-electron chi connectivity index (χ3n) is 7.70. The molecule has 1 fully saturated rings. The van der Waals surface area contributed by atoms with Gasteiger partial charge >= 0.3 is 7.82 Å². The van der Waals surface area contributed by atoms with E-state index in [0.717, 1.165) is 35.6 Å². The molecule has 0 saturated carbocycles. The summed E-state index contributed by atoms with van der Waals surface area (Å²) in [6.45, 7) is 2.50. The van der Waals surface area contributed by atoms with Crippen LogP contribution in [0.1, 0.15) is 128 Å². The van der Waals surface area contributed by atoms with E-state index in [4.69, 9.17) is 19.5 Å². The number of rotatable bonds is 24. The molecule has 3 N–H and O–H groups in total. The van der Waals surface area contributed by atoms with Crippen LogP contribution in [0.5, 0.6) is 0 Å². The lowest BCUT2D eigenvalue weighted by Crippen LogP contribution is -2.15. The highest BCUT2D eigenvalue weighted by Gasteiger charge is 2.31. The molecule has 3 rings (SSSR count). The van der Waals surface area contributed by atoms with Crippen LogP contribution >= 0.6 is 19.6 Å². The number of fused-ring (bicyclic) bond motifs is 1. The van der Waals surface area contributed by atoms with E-state index < -0.39 is 7.82 Å². The molecule has 9 nitrogen and oxygen atoms in total. The Morgan fingerprint density at radius 2 is 1.59 bits per heavy atom. The Bertz CT molecular complexity index is 1030. The van der Waals surface area contributed by atoms with Crippen molar-refractivity contribution in [3.8, 4) is 0 Å². The zero-order chi connectivity index (χ0) is 29.2. The summed E-state index contributed by atoms with van der Waals surface area (Å²) >= 11 is 1.89. The van der Waals surface area contributed by atoms with Crippen LogP contribution in [0.2, 0.25) is 0 Å². The Morgan fingerprint density at radius 3 is 2.27 bits per heavy atom. The molecule has 3 heterocycles. The minimum Gasteiger partial charge on any atom is -0.382 e. The number of hydrogen-bond acceptors (Lipinski definition) is 8. The second-order valence-corrected chi connectivity index (χ2v) is 13.9. The van der Waals surface area contributed by atoms with E-state index in [1.54, 1.807) is 4.52 Å². The number of nitrogen functional groups attached to an aromatic ring is 1. The average molecular weight is 613 g/mol. The summed E-state index contributed by atoms with van der Waals surface area (Å²) in [4.78, 5) is 14.1. The number of ether oxygens (including phenoxy) is 1. The van der Waals surface area contributed by atoms with Gasteiger partial charge in [-0.2, -0.15) is 16.9 Å². The van der Waals surface area contributed by atoms with Crippen molar-refractivity contribution in [3.63, 3.8) is 0 Å². The van der Waals surface area contributed by atoms with Gasteiger partial charge < -0.3 is 15.4 Å². The Kier molecular flexibility index (Phi) is 16.7. The lowest BCUT2D eigenvalue weighted by molar-refractivity contribution is 0.00498. The van der Waals surface area contributed by atoms with Crippen LogP contribution < -0.4 is 5.73 Å². The van der Waals surface area contributed by atoms with Crippen LogP contribution in [0.4, 0.5) is 5.82 Å². The van der Waals surface area contributed by atoms with E-state index in [2.05, 4.69) is 17.0 Å². The van der Waals surface area contributed by atoms with E-state index in [0.29, 0.717) is 12.2 Å². The Morgan fingerprint density at radius 1 is 0.951 bits per heavy atom. The molecule has 41 heavy (non-hydrogen) atoms. The molecule has 1 aliphatic heterocycles. The summed E-state index contributed by atoms with van der Waals surface area (Å²) in [7, 11) is -4.09. The molecule has 2 aromatic rings. The Hall–Kier alpha value is -1.16. The number of phosphoric ester groups is 1. The van der Waals surface area contributed by atoms with Gasteiger partial charge in [0, 0.05) is 0 Å². The van der Waals surface area contributed by atoms with Crippen molar-refractivity contribution in [3.05, 3.63) is 24.2 Å². The van der Waals surface area contributed by atoms with Crippen molar-refractivity contribution in [2.75, 3.05) is 30.5 Å². The third-order valence-corrected chi connectivity index (χ3v) is 9.84. The molecule has 1 saturated heterocycles. The molecule has 11 heteroatoms. The van der Waals surface area contributed by atoms with Gasteiger partial charge in [0.15, 0.2) is 5.82 Å². The van der Waals surface area contributed by atoms with Gasteiger partial charge in [-0.25, -0.2) is 14.1 Å². The maximum atomic E-state index is 12.3. The molecular formula is C30H53N4O5PS. The van der Waals surface area contributed by atoms with Gasteiger partial charge in [0.2, 0.25) is 0 Å². The molecule has 0 bridgehead atoms. The third kappa shape index (κ3) is 13.3. The van der Waals surface area contributed by atoms with Crippen LogP contribution in [-0.2, 0) is 18.3 Å². The molecule has 0 aromatic carbocycles. The first-order valence-electron chi connectivity index (χ1n) is 15.9. The number of nitrogens with two attached hydrogens (primary N) is 1. The van der Waals surface area contributed by atoms with Crippen molar-refractivity contribution < 1.29 is 23.2 Å². The first kappa shape index (κ1) is 34.3. The number of unbranched alkanes of at least 4 members (excludes halogenated alkanes) is 13. The van der Waals surface area contributed by atoms with Crippen molar-refractivity contribution >= 4 is 30.9 Å². The van der Waals surface area contributed by atoms with Gasteiger partial charge in [-0.15, -0.1) is 0 Å². The number of thioether (sulfide) groups is 1. The highest BCUT2D eigenvalue weighted by atomic mass is 32.2. The summed E-state index contributed by atoms with van der Waals surface area (Å²) in [5.74, 6) is 2.47. The smallest absolute Gasteiger partial charge is 0.382 e. The van der Waals surface area contributed by atoms with Gasteiger partial charge in [-0.3, -0.25) is 9.05 Å². The molecule has 0 radical (unpaired) electrons. The molecule has 3 unspecified atom stereocenters. The van der Waals surface area contributed by atoms with E-state index in [-0.39, 0.29) is 25.4 Å². The number of phosphoric acid groups is 1. The maximum Gasteiger partial charge on any atom is 0.472 e. The highest BCUT2D eigenvalue weighted by molar-refractivity contribution is 7.99. The number of anilines is 1. The molecule has 2 aromatic heterocycles. The fourth-order valence-electron chi connectivity index (χ4n) is 5.32. The second kappa shape index (κ2) is 19.9. The van der Waals surface area contributed by atoms with Gasteiger partial charge in [0.1, 0.15) is 17.9 Å². The molecule has 0 spiro atoms. The largest absolute Gasteiger partial charge is 0.472 e. The minimum absolute atomic E-state index is 0.0125. The van der Waals surface area contributed by atoms with Crippen molar-refractivity contribution in [2.45, 2.75) is 128 Å². The average Bonchev–Trinajstić information content (AvgIpc) is 3.61. The summed E-state index contributed by atoms with van der Waals surface area (Å²) in [6, 6.07) is 3.79. The molecule has 234 valence electrons. The lowest BCUT2D eigenvalue weighted by atomic mass is 10.0. The van der Waals surface area contributed by atoms with Crippen molar-refractivity contribution in [1.29, 1.82) is 0 Å². The molecular weight excluding hydrogens is 559 g/mol.